The molecular formula is C21H36IN5. The van der Waals surface area contributed by atoms with Crippen LogP contribution in [0.1, 0.15) is 44.2 Å². The topological polar surface area (TPSA) is 42.9 Å². The van der Waals surface area contributed by atoms with E-state index in [-0.39, 0.29) is 24.0 Å². The fraction of sp³-hybridized carbons (Fsp3) is 0.667. The summed E-state index contributed by atoms with van der Waals surface area (Å²) in [4.78, 5) is 9.34. The maximum absolute atomic E-state index is 4.42. The highest BCUT2D eigenvalue weighted by atomic mass is 127. The van der Waals surface area contributed by atoms with E-state index in [0.717, 1.165) is 19.0 Å². The van der Waals surface area contributed by atoms with Gasteiger partial charge in [-0.05, 0) is 56.7 Å². The first-order valence-corrected chi connectivity index (χ1v) is 10.1. The van der Waals surface area contributed by atoms with Gasteiger partial charge in [0.05, 0.1) is 0 Å². The molecule has 1 aromatic carbocycles. The number of aliphatic imine (C=N–C) groups is 1. The Hall–Kier alpha value is -1.02. The van der Waals surface area contributed by atoms with Crippen molar-refractivity contribution >= 4 is 35.6 Å². The molecule has 0 aromatic heterocycles. The second-order valence-electron chi connectivity index (χ2n) is 7.96. The first-order valence-electron chi connectivity index (χ1n) is 10.1. The van der Waals surface area contributed by atoms with E-state index >= 15 is 0 Å². The summed E-state index contributed by atoms with van der Waals surface area (Å²) in [6, 6.07) is 8.03. The van der Waals surface area contributed by atoms with Crippen molar-refractivity contribution in [2.24, 2.45) is 4.99 Å². The number of benzene rings is 1. The molecule has 1 fully saturated rings. The molecule has 152 valence electrons. The number of nitrogens with one attached hydrogen (secondary N) is 2. The van der Waals surface area contributed by atoms with E-state index in [1.54, 1.807) is 0 Å². The Morgan fingerprint density at radius 3 is 2.63 bits per heavy atom. The van der Waals surface area contributed by atoms with Gasteiger partial charge in [0.25, 0.3) is 0 Å². The lowest BCUT2D eigenvalue weighted by atomic mass is 9.99. The summed E-state index contributed by atoms with van der Waals surface area (Å²) in [6.07, 6.45) is 4.81. The highest BCUT2D eigenvalue weighted by Gasteiger charge is 2.21. The number of aryl methyl sites for hydroxylation is 1. The summed E-state index contributed by atoms with van der Waals surface area (Å²) in [5.74, 6) is 0.919. The van der Waals surface area contributed by atoms with Gasteiger partial charge in [-0.2, -0.15) is 0 Å². The normalized spacial score (nSPS) is 18.9. The Labute approximate surface area is 182 Å². The maximum atomic E-state index is 4.42. The summed E-state index contributed by atoms with van der Waals surface area (Å²) < 4.78 is 0. The van der Waals surface area contributed by atoms with Crippen molar-refractivity contribution < 1.29 is 0 Å². The number of hydrogen-bond donors (Lipinski definition) is 2. The van der Waals surface area contributed by atoms with Crippen LogP contribution in [-0.2, 0) is 13.0 Å². The first kappa shape index (κ1) is 22.3. The molecule has 0 saturated carbocycles. The van der Waals surface area contributed by atoms with Crippen molar-refractivity contribution in [2.75, 3.05) is 38.6 Å². The van der Waals surface area contributed by atoms with Crippen LogP contribution in [0.5, 0.6) is 0 Å². The van der Waals surface area contributed by atoms with Gasteiger partial charge < -0.3 is 20.4 Å². The van der Waals surface area contributed by atoms with Crippen molar-refractivity contribution in [3.8, 4) is 0 Å². The largest absolute Gasteiger partial charge is 0.374 e. The summed E-state index contributed by atoms with van der Waals surface area (Å²) in [5, 5.41) is 7.11. The summed E-state index contributed by atoms with van der Waals surface area (Å²) in [6.45, 7) is 8.89. The first-order chi connectivity index (χ1) is 12.6. The Morgan fingerprint density at radius 1 is 1.22 bits per heavy atom. The van der Waals surface area contributed by atoms with Gasteiger partial charge in [0.15, 0.2) is 5.96 Å². The quantitative estimate of drug-likeness (QED) is 0.391. The van der Waals surface area contributed by atoms with Crippen LogP contribution in [0.15, 0.2) is 23.2 Å². The van der Waals surface area contributed by atoms with Crippen LogP contribution in [0.2, 0.25) is 0 Å². The Kier molecular flexibility index (Phi) is 8.66. The lowest BCUT2D eigenvalue weighted by molar-refractivity contribution is 0.167. The standard InChI is InChI=1S/C21H35N5.HI/c1-16(2)26-12-9-19(10-13-26)24-21(22-3)23-15-17-7-8-20-18(14-17)6-5-11-25(20)4;/h7-8,14,16,19H,5-6,9-13,15H2,1-4H3,(H2,22,23,24);1H. The zero-order chi connectivity index (χ0) is 18.5. The molecule has 2 heterocycles. The average Bonchev–Trinajstić information content (AvgIpc) is 2.65. The fourth-order valence-corrected chi connectivity index (χ4v) is 4.08. The van der Waals surface area contributed by atoms with E-state index in [1.165, 1.54) is 55.6 Å². The third kappa shape index (κ3) is 5.98. The van der Waals surface area contributed by atoms with Gasteiger partial charge in [0.2, 0.25) is 0 Å². The zero-order valence-corrected chi connectivity index (χ0v) is 19.6. The van der Waals surface area contributed by atoms with Gasteiger partial charge in [-0.25, -0.2) is 0 Å². The van der Waals surface area contributed by atoms with Gasteiger partial charge in [-0.3, -0.25) is 4.99 Å². The average molecular weight is 485 g/mol. The second kappa shape index (κ2) is 10.5. The molecule has 0 amide bonds. The Balaban J connectivity index is 0.00000261. The molecule has 0 aliphatic carbocycles. The number of anilines is 1. The Bertz CT molecular complexity index is 623. The molecule has 2 aliphatic heterocycles. The third-order valence-electron chi connectivity index (χ3n) is 5.78. The number of fused-ring (bicyclic) bond motifs is 1. The van der Waals surface area contributed by atoms with Crippen LogP contribution in [-0.4, -0.2) is 56.7 Å². The van der Waals surface area contributed by atoms with E-state index in [0.29, 0.717) is 12.1 Å². The van der Waals surface area contributed by atoms with Gasteiger partial charge in [0.1, 0.15) is 0 Å². The SMILES string of the molecule is CN=C(NCc1ccc2c(c1)CCCN2C)NC1CCN(C(C)C)CC1.I. The number of halogens is 1. The molecule has 0 radical (unpaired) electrons. The number of guanidine groups is 1. The van der Waals surface area contributed by atoms with Crippen LogP contribution in [0.25, 0.3) is 0 Å². The molecular weight excluding hydrogens is 449 g/mol. The van der Waals surface area contributed by atoms with Gasteiger partial charge in [-0.1, -0.05) is 12.1 Å². The van der Waals surface area contributed by atoms with Crippen molar-refractivity contribution in [2.45, 2.75) is 58.2 Å². The van der Waals surface area contributed by atoms with E-state index in [1.807, 2.05) is 7.05 Å². The Morgan fingerprint density at radius 2 is 1.96 bits per heavy atom. The minimum Gasteiger partial charge on any atom is -0.374 e. The maximum Gasteiger partial charge on any atom is 0.191 e. The molecule has 2 N–H and O–H groups in total. The molecule has 27 heavy (non-hydrogen) atoms. The molecule has 1 saturated heterocycles. The van der Waals surface area contributed by atoms with Gasteiger partial charge >= 0.3 is 0 Å². The number of hydrogen-bond acceptors (Lipinski definition) is 3. The molecule has 0 unspecified atom stereocenters. The van der Waals surface area contributed by atoms with Crippen LogP contribution < -0.4 is 15.5 Å². The fourth-order valence-electron chi connectivity index (χ4n) is 4.08. The van der Waals surface area contributed by atoms with E-state index < -0.39 is 0 Å². The lowest BCUT2D eigenvalue weighted by Crippen LogP contribution is -2.49. The molecule has 6 heteroatoms. The monoisotopic (exact) mass is 485 g/mol. The zero-order valence-electron chi connectivity index (χ0n) is 17.3. The predicted octanol–water partition coefficient (Wildman–Crippen LogP) is 3.22. The summed E-state index contributed by atoms with van der Waals surface area (Å²) >= 11 is 0. The smallest absolute Gasteiger partial charge is 0.191 e. The molecule has 0 atom stereocenters. The highest BCUT2D eigenvalue weighted by Crippen LogP contribution is 2.26. The number of likely N-dealkylation sites (tertiary alicyclic amines) is 1. The molecule has 5 nitrogen and oxygen atoms in total. The molecule has 0 spiro atoms. The van der Waals surface area contributed by atoms with Crippen molar-refractivity contribution in [3.05, 3.63) is 29.3 Å². The van der Waals surface area contributed by atoms with E-state index in [4.69, 9.17) is 0 Å². The van der Waals surface area contributed by atoms with Crippen molar-refractivity contribution in [1.29, 1.82) is 0 Å². The lowest BCUT2D eigenvalue weighted by Gasteiger charge is -2.35. The number of nitrogens with zero attached hydrogens (tertiary/aromatic N) is 3. The van der Waals surface area contributed by atoms with Gasteiger partial charge in [-0.15, -0.1) is 24.0 Å². The molecule has 3 rings (SSSR count). The number of rotatable bonds is 4. The summed E-state index contributed by atoms with van der Waals surface area (Å²) in [5.41, 5.74) is 4.19. The van der Waals surface area contributed by atoms with Gasteiger partial charge in [0, 0.05) is 58.0 Å². The van der Waals surface area contributed by atoms with Crippen LogP contribution in [0.3, 0.4) is 0 Å². The highest BCUT2D eigenvalue weighted by molar-refractivity contribution is 14.0. The van der Waals surface area contributed by atoms with Crippen LogP contribution in [0, 0.1) is 0 Å². The minimum absolute atomic E-state index is 0. The van der Waals surface area contributed by atoms with E-state index in [2.05, 4.69) is 64.5 Å². The minimum atomic E-state index is 0. The molecule has 1 aromatic rings. The van der Waals surface area contributed by atoms with Crippen molar-refractivity contribution in [3.63, 3.8) is 0 Å². The van der Waals surface area contributed by atoms with Crippen molar-refractivity contribution in [1.82, 2.24) is 15.5 Å². The summed E-state index contributed by atoms with van der Waals surface area (Å²) in [7, 11) is 4.05. The molecule has 2 aliphatic rings. The second-order valence-corrected chi connectivity index (χ2v) is 7.96. The van der Waals surface area contributed by atoms with Crippen LogP contribution >= 0.6 is 24.0 Å². The van der Waals surface area contributed by atoms with E-state index in [9.17, 15) is 0 Å². The predicted molar refractivity (Wildman–Crippen MR) is 127 cm³/mol. The number of piperidine rings is 1. The molecule has 0 bridgehead atoms. The van der Waals surface area contributed by atoms with Crippen LogP contribution in [0.4, 0.5) is 5.69 Å². The third-order valence-corrected chi connectivity index (χ3v) is 5.78.